The molecule has 2 aliphatic heterocycles. The predicted molar refractivity (Wildman–Crippen MR) is 135 cm³/mol. The van der Waals surface area contributed by atoms with Gasteiger partial charge in [-0.1, -0.05) is 54.6 Å². The predicted octanol–water partition coefficient (Wildman–Crippen LogP) is 5.49. The first-order chi connectivity index (χ1) is 17.2. The molecule has 1 fully saturated rings. The van der Waals surface area contributed by atoms with E-state index in [0.29, 0.717) is 31.0 Å². The van der Waals surface area contributed by atoms with Crippen molar-refractivity contribution in [3.63, 3.8) is 0 Å². The molecule has 172 valence electrons. The fourth-order valence-electron chi connectivity index (χ4n) is 5.36. The Balaban J connectivity index is 1.28. The van der Waals surface area contributed by atoms with Crippen molar-refractivity contribution in [1.29, 1.82) is 0 Å². The Hall–Kier alpha value is -4.32. The van der Waals surface area contributed by atoms with E-state index in [1.165, 1.54) is 16.3 Å². The number of para-hydroxylation sites is 2. The summed E-state index contributed by atoms with van der Waals surface area (Å²) >= 11 is 0. The molecule has 1 saturated heterocycles. The van der Waals surface area contributed by atoms with Crippen LogP contribution in [-0.2, 0) is 11.3 Å². The van der Waals surface area contributed by atoms with E-state index in [0.717, 1.165) is 22.5 Å². The average Bonchev–Trinajstić information content (AvgIpc) is 3.61. The average molecular weight is 462 g/mol. The Kier molecular flexibility index (Phi) is 4.52. The van der Waals surface area contributed by atoms with E-state index in [1.54, 1.807) is 0 Å². The Morgan fingerprint density at radius 3 is 2.69 bits per heavy atom. The first kappa shape index (κ1) is 20.1. The maximum atomic E-state index is 13.1. The fourth-order valence-corrected chi connectivity index (χ4v) is 5.36. The lowest BCUT2D eigenvalue weighted by atomic mass is 10.0. The third kappa shape index (κ3) is 3.33. The molecule has 35 heavy (non-hydrogen) atoms. The molecule has 5 aromatic rings. The summed E-state index contributed by atoms with van der Waals surface area (Å²) in [5.74, 6) is 2.44. The van der Waals surface area contributed by atoms with E-state index in [2.05, 4.69) is 53.1 Å². The summed E-state index contributed by atoms with van der Waals surface area (Å²) in [7, 11) is 0. The largest absolute Gasteiger partial charge is 0.454 e. The number of benzene rings is 4. The highest BCUT2D eigenvalue weighted by atomic mass is 16.7. The number of aromatic nitrogens is 2. The van der Waals surface area contributed by atoms with Crippen molar-refractivity contribution < 1.29 is 14.3 Å². The standard InChI is InChI=1S/C29H23N3O3/c33-28-14-21(17-31(28)22-12-13-26-27(15-22)35-18-34-26)29-30-24-10-3-4-11-25(24)32(29)16-20-8-5-7-19-6-1-2-9-23(19)20/h1-13,15,21H,14,16-18H2. The zero-order chi connectivity index (χ0) is 23.4. The Morgan fingerprint density at radius 2 is 1.71 bits per heavy atom. The second kappa shape index (κ2) is 7.87. The van der Waals surface area contributed by atoms with Gasteiger partial charge in [-0.15, -0.1) is 0 Å². The molecule has 7 rings (SSSR count). The summed E-state index contributed by atoms with van der Waals surface area (Å²) in [6, 6.07) is 28.8. The van der Waals surface area contributed by atoms with Crippen LogP contribution in [0.3, 0.4) is 0 Å². The van der Waals surface area contributed by atoms with Crippen LogP contribution in [0.15, 0.2) is 84.9 Å². The van der Waals surface area contributed by atoms with E-state index in [9.17, 15) is 4.79 Å². The van der Waals surface area contributed by atoms with Crippen molar-refractivity contribution >= 4 is 33.4 Å². The van der Waals surface area contributed by atoms with Crippen LogP contribution in [-0.4, -0.2) is 28.8 Å². The Morgan fingerprint density at radius 1 is 0.886 bits per heavy atom. The minimum atomic E-state index is -0.00435. The zero-order valence-corrected chi connectivity index (χ0v) is 19.1. The first-order valence-electron chi connectivity index (χ1n) is 11.9. The van der Waals surface area contributed by atoms with Crippen LogP contribution in [0.1, 0.15) is 23.7 Å². The van der Waals surface area contributed by atoms with E-state index in [-0.39, 0.29) is 18.6 Å². The van der Waals surface area contributed by atoms with E-state index < -0.39 is 0 Å². The lowest BCUT2D eigenvalue weighted by Crippen LogP contribution is -2.24. The molecular weight excluding hydrogens is 438 g/mol. The first-order valence-corrected chi connectivity index (χ1v) is 11.9. The molecule has 0 saturated carbocycles. The SMILES string of the molecule is O=C1CC(c2nc3ccccc3n2Cc2cccc3ccccc23)CN1c1ccc2c(c1)OCO2. The van der Waals surface area contributed by atoms with Gasteiger partial charge in [-0.3, -0.25) is 4.79 Å². The fraction of sp³-hybridized carbons (Fsp3) is 0.172. The smallest absolute Gasteiger partial charge is 0.231 e. The van der Waals surface area contributed by atoms with Gasteiger partial charge in [-0.05, 0) is 40.6 Å². The number of hydrogen-bond acceptors (Lipinski definition) is 4. The van der Waals surface area contributed by atoms with Crippen LogP contribution >= 0.6 is 0 Å². The normalized spacial score (nSPS) is 17.1. The van der Waals surface area contributed by atoms with Gasteiger partial charge in [-0.2, -0.15) is 0 Å². The highest BCUT2D eigenvalue weighted by molar-refractivity contribution is 5.97. The summed E-state index contributed by atoms with van der Waals surface area (Å²) in [5, 5.41) is 2.46. The van der Waals surface area contributed by atoms with Crippen molar-refractivity contribution in [2.75, 3.05) is 18.2 Å². The Labute approximate surface area is 202 Å². The topological polar surface area (TPSA) is 56.6 Å². The number of imidazole rings is 1. The summed E-state index contributed by atoms with van der Waals surface area (Å²) in [6.07, 6.45) is 0.424. The maximum absolute atomic E-state index is 13.1. The number of carbonyl (C=O) groups excluding carboxylic acids is 1. The van der Waals surface area contributed by atoms with Gasteiger partial charge < -0.3 is 18.9 Å². The van der Waals surface area contributed by atoms with Gasteiger partial charge in [0.25, 0.3) is 0 Å². The molecule has 1 amide bonds. The minimum Gasteiger partial charge on any atom is -0.454 e. The molecular formula is C29H23N3O3. The third-order valence-electron chi connectivity index (χ3n) is 7.05. The molecule has 4 aromatic carbocycles. The molecule has 0 radical (unpaired) electrons. The third-order valence-corrected chi connectivity index (χ3v) is 7.05. The molecule has 1 aromatic heterocycles. The molecule has 2 aliphatic rings. The highest BCUT2D eigenvalue weighted by Gasteiger charge is 2.35. The van der Waals surface area contributed by atoms with Crippen LogP contribution in [0, 0.1) is 0 Å². The van der Waals surface area contributed by atoms with Gasteiger partial charge >= 0.3 is 0 Å². The number of ether oxygens (including phenoxy) is 2. The molecule has 1 unspecified atom stereocenters. The van der Waals surface area contributed by atoms with Gasteiger partial charge in [0.05, 0.1) is 11.0 Å². The number of nitrogens with zero attached hydrogens (tertiary/aromatic N) is 3. The van der Waals surface area contributed by atoms with E-state index >= 15 is 0 Å². The van der Waals surface area contributed by atoms with Crippen LogP contribution in [0.5, 0.6) is 11.5 Å². The van der Waals surface area contributed by atoms with Gasteiger partial charge in [0.1, 0.15) is 5.82 Å². The maximum Gasteiger partial charge on any atom is 0.231 e. The van der Waals surface area contributed by atoms with Gasteiger partial charge in [-0.25, -0.2) is 4.98 Å². The Bertz CT molecular complexity index is 1600. The molecule has 0 N–H and O–H groups in total. The number of rotatable bonds is 4. The summed E-state index contributed by atoms with van der Waals surface area (Å²) in [4.78, 5) is 20.0. The zero-order valence-electron chi connectivity index (χ0n) is 19.1. The van der Waals surface area contributed by atoms with E-state index in [1.807, 2.05) is 41.3 Å². The number of hydrogen-bond donors (Lipinski definition) is 0. The number of fused-ring (bicyclic) bond motifs is 3. The lowest BCUT2D eigenvalue weighted by Gasteiger charge is -2.18. The molecule has 1 atom stereocenters. The van der Waals surface area contributed by atoms with Crippen molar-refractivity contribution in [3.8, 4) is 11.5 Å². The molecule has 6 heteroatoms. The van der Waals surface area contributed by atoms with Crippen LogP contribution < -0.4 is 14.4 Å². The van der Waals surface area contributed by atoms with E-state index in [4.69, 9.17) is 14.5 Å². The lowest BCUT2D eigenvalue weighted by molar-refractivity contribution is -0.117. The van der Waals surface area contributed by atoms with Crippen LogP contribution in [0.25, 0.3) is 21.8 Å². The van der Waals surface area contributed by atoms with Crippen LogP contribution in [0.2, 0.25) is 0 Å². The second-order valence-electron chi connectivity index (χ2n) is 9.13. The summed E-state index contributed by atoms with van der Waals surface area (Å²) in [5.41, 5.74) is 4.11. The van der Waals surface area contributed by atoms with Gasteiger partial charge in [0.15, 0.2) is 11.5 Å². The monoisotopic (exact) mass is 461 g/mol. The van der Waals surface area contributed by atoms with Crippen molar-refractivity contribution in [1.82, 2.24) is 9.55 Å². The van der Waals surface area contributed by atoms with Crippen LogP contribution in [0.4, 0.5) is 5.69 Å². The number of amides is 1. The van der Waals surface area contributed by atoms with Crippen molar-refractivity contribution in [3.05, 3.63) is 96.3 Å². The minimum absolute atomic E-state index is 0.00435. The number of anilines is 1. The van der Waals surface area contributed by atoms with Gasteiger partial charge in [0, 0.05) is 37.2 Å². The number of carbonyl (C=O) groups is 1. The summed E-state index contributed by atoms with van der Waals surface area (Å²) in [6.45, 7) is 1.50. The molecule has 6 nitrogen and oxygen atoms in total. The van der Waals surface area contributed by atoms with Crippen molar-refractivity contribution in [2.24, 2.45) is 0 Å². The summed E-state index contributed by atoms with van der Waals surface area (Å²) < 4.78 is 13.3. The molecule has 0 aliphatic carbocycles. The highest BCUT2D eigenvalue weighted by Crippen LogP contribution is 2.39. The second-order valence-corrected chi connectivity index (χ2v) is 9.13. The van der Waals surface area contributed by atoms with Gasteiger partial charge in [0.2, 0.25) is 12.7 Å². The molecule has 0 spiro atoms. The van der Waals surface area contributed by atoms with Crippen molar-refractivity contribution in [2.45, 2.75) is 18.9 Å². The molecule has 3 heterocycles. The molecule has 0 bridgehead atoms. The quantitative estimate of drug-likeness (QED) is 0.355.